The van der Waals surface area contributed by atoms with Crippen molar-refractivity contribution in [2.24, 2.45) is 0 Å². The first-order chi connectivity index (χ1) is 13.4. The fourth-order valence-corrected chi connectivity index (χ4v) is 2.44. The highest BCUT2D eigenvalue weighted by molar-refractivity contribution is 5.90. The molecule has 0 spiro atoms. The highest BCUT2D eigenvalue weighted by Crippen LogP contribution is 2.34. The number of carbonyl (C=O) groups excluding carboxylic acids is 1. The van der Waals surface area contributed by atoms with Crippen molar-refractivity contribution in [2.45, 2.75) is 6.18 Å². The number of halogens is 3. The van der Waals surface area contributed by atoms with Gasteiger partial charge in [-0.3, -0.25) is 0 Å². The number of urea groups is 1. The van der Waals surface area contributed by atoms with Crippen molar-refractivity contribution in [3.05, 3.63) is 66.7 Å². The molecule has 146 valence electrons. The molecule has 2 aromatic heterocycles. The first-order valence-corrected chi connectivity index (χ1v) is 8.34. The van der Waals surface area contributed by atoms with E-state index in [0.717, 1.165) is 6.07 Å². The van der Waals surface area contributed by atoms with E-state index in [4.69, 9.17) is 0 Å². The number of hydrogen-bond donors (Lipinski definition) is 3. The van der Waals surface area contributed by atoms with Crippen molar-refractivity contribution >= 4 is 17.5 Å². The van der Waals surface area contributed by atoms with Crippen LogP contribution in [0.3, 0.4) is 0 Å². The minimum absolute atomic E-state index is 0.183. The van der Waals surface area contributed by atoms with Gasteiger partial charge in [0.15, 0.2) is 0 Å². The van der Waals surface area contributed by atoms with E-state index in [9.17, 15) is 18.0 Å². The van der Waals surface area contributed by atoms with E-state index >= 15 is 0 Å². The first-order valence-electron chi connectivity index (χ1n) is 8.34. The van der Waals surface area contributed by atoms with Gasteiger partial charge in [0.2, 0.25) is 0 Å². The standard InChI is InChI=1S/C18H17F3N6O/c19-18(20,21)13-5-1-2-6-14(13)26-17(28)23-8-7-22-15-11-16(25-12-24-15)27-9-3-4-10-27/h1-6,9-12H,7-8H2,(H,22,24,25)(H2,23,26,28). The Morgan fingerprint density at radius 1 is 1.04 bits per heavy atom. The zero-order valence-electron chi connectivity index (χ0n) is 14.6. The zero-order chi connectivity index (χ0) is 20.0. The summed E-state index contributed by atoms with van der Waals surface area (Å²) in [6.45, 7) is 0.513. The second-order valence-electron chi connectivity index (χ2n) is 5.70. The van der Waals surface area contributed by atoms with Gasteiger partial charge in [-0.15, -0.1) is 0 Å². The maximum atomic E-state index is 12.9. The lowest BCUT2D eigenvalue weighted by Gasteiger charge is -2.14. The van der Waals surface area contributed by atoms with Crippen molar-refractivity contribution < 1.29 is 18.0 Å². The van der Waals surface area contributed by atoms with Crippen LogP contribution in [0, 0.1) is 0 Å². The topological polar surface area (TPSA) is 83.9 Å². The van der Waals surface area contributed by atoms with Crippen LogP contribution in [0.5, 0.6) is 0 Å². The van der Waals surface area contributed by atoms with Gasteiger partial charge in [-0.25, -0.2) is 14.8 Å². The Hall–Kier alpha value is -3.56. The second kappa shape index (κ2) is 8.42. The molecule has 3 N–H and O–H groups in total. The molecular formula is C18H17F3N6O. The molecule has 2 amide bonds. The highest BCUT2D eigenvalue weighted by Gasteiger charge is 2.33. The number of anilines is 2. The molecule has 0 unspecified atom stereocenters. The summed E-state index contributed by atoms with van der Waals surface area (Å²) in [5.74, 6) is 1.24. The predicted octanol–water partition coefficient (Wildman–Crippen LogP) is 3.52. The monoisotopic (exact) mass is 390 g/mol. The van der Waals surface area contributed by atoms with E-state index in [-0.39, 0.29) is 12.2 Å². The average Bonchev–Trinajstić information content (AvgIpc) is 3.20. The smallest absolute Gasteiger partial charge is 0.368 e. The molecule has 2 heterocycles. The molecule has 0 aliphatic carbocycles. The fourth-order valence-electron chi connectivity index (χ4n) is 2.44. The van der Waals surface area contributed by atoms with Gasteiger partial charge in [-0.1, -0.05) is 12.1 Å². The number of para-hydroxylation sites is 1. The molecule has 10 heteroatoms. The van der Waals surface area contributed by atoms with Crippen LogP contribution in [0.25, 0.3) is 5.82 Å². The van der Waals surface area contributed by atoms with Crippen LogP contribution in [0.4, 0.5) is 29.5 Å². The van der Waals surface area contributed by atoms with Crippen molar-refractivity contribution in [1.82, 2.24) is 19.9 Å². The van der Waals surface area contributed by atoms with Crippen LogP contribution in [0.1, 0.15) is 5.56 Å². The number of hydrogen-bond acceptors (Lipinski definition) is 4. The molecule has 0 fully saturated rings. The van der Waals surface area contributed by atoms with E-state index in [1.807, 2.05) is 29.1 Å². The maximum Gasteiger partial charge on any atom is 0.418 e. The molecule has 0 saturated heterocycles. The van der Waals surface area contributed by atoms with Crippen LogP contribution in [0.15, 0.2) is 61.2 Å². The number of aromatic nitrogens is 3. The second-order valence-corrected chi connectivity index (χ2v) is 5.70. The van der Waals surface area contributed by atoms with Gasteiger partial charge in [-0.2, -0.15) is 13.2 Å². The Balaban J connectivity index is 1.49. The molecule has 3 aromatic rings. The number of benzene rings is 1. The van der Waals surface area contributed by atoms with Gasteiger partial charge in [0.05, 0.1) is 11.3 Å². The molecule has 7 nitrogen and oxygen atoms in total. The normalized spacial score (nSPS) is 11.1. The molecule has 0 aliphatic rings. The highest BCUT2D eigenvalue weighted by atomic mass is 19.4. The SMILES string of the molecule is O=C(NCCNc1cc(-n2cccc2)ncn1)Nc1ccccc1C(F)(F)F. The molecule has 0 saturated carbocycles. The Morgan fingerprint density at radius 3 is 2.54 bits per heavy atom. The van der Waals surface area contributed by atoms with Gasteiger partial charge in [0.25, 0.3) is 0 Å². The summed E-state index contributed by atoms with van der Waals surface area (Å²) in [4.78, 5) is 20.1. The van der Waals surface area contributed by atoms with E-state index < -0.39 is 17.8 Å². The van der Waals surface area contributed by atoms with Crippen LogP contribution in [-0.4, -0.2) is 33.7 Å². The Morgan fingerprint density at radius 2 is 1.79 bits per heavy atom. The fraction of sp³-hybridized carbons (Fsp3) is 0.167. The lowest BCUT2D eigenvalue weighted by atomic mass is 10.1. The van der Waals surface area contributed by atoms with Crippen LogP contribution in [-0.2, 0) is 6.18 Å². The average molecular weight is 390 g/mol. The summed E-state index contributed by atoms with van der Waals surface area (Å²) in [5, 5.41) is 7.73. The number of amides is 2. The number of rotatable bonds is 6. The summed E-state index contributed by atoms with van der Waals surface area (Å²) >= 11 is 0. The van der Waals surface area contributed by atoms with E-state index in [1.165, 1.54) is 24.5 Å². The van der Waals surface area contributed by atoms with Gasteiger partial charge in [-0.05, 0) is 24.3 Å². The largest absolute Gasteiger partial charge is 0.418 e. The number of nitrogens with one attached hydrogen (secondary N) is 3. The minimum Gasteiger partial charge on any atom is -0.368 e. The quantitative estimate of drug-likeness (QED) is 0.563. The third kappa shape index (κ3) is 5.00. The molecule has 0 bridgehead atoms. The first kappa shape index (κ1) is 19.2. The molecule has 0 atom stereocenters. The van der Waals surface area contributed by atoms with Crippen molar-refractivity contribution in [1.29, 1.82) is 0 Å². The Bertz CT molecular complexity index is 927. The lowest BCUT2D eigenvalue weighted by Crippen LogP contribution is -2.33. The van der Waals surface area contributed by atoms with E-state index in [1.54, 1.807) is 6.07 Å². The minimum atomic E-state index is -4.55. The van der Waals surface area contributed by atoms with Crippen LogP contribution in [0.2, 0.25) is 0 Å². The van der Waals surface area contributed by atoms with E-state index in [2.05, 4.69) is 25.9 Å². The van der Waals surface area contributed by atoms with Gasteiger partial charge < -0.3 is 20.5 Å². The van der Waals surface area contributed by atoms with Gasteiger partial charge >= 0.3 is 12.2 Å². The Labute approximate surface area is 158 Å². The maximum absolute atomic E-state index is 12.9. The van der Waals surface area contributed by atoms with Crippen LogP contribution >= 0.6 is 0 Å². The van der Waals surface area contributed by atoms with Gasteiger partial charge in [0.1, 0.15) is 18.0 Å². The van der Waals surface area contributed by atoms with Gasteiger partial charge in [0, 0.05) is 31.5 Å². The third-order valence-electron chi connectivity index (χ3n) is 3.72. The summed E-state index contributed by atoms with van der Waals surface area (Å²) in [6.07, 6.45) is 0.551. The summed E-state index contributed by atoms with van der Waals surface area (Å²) in [5.41, 5.74) is -1.20. The van der Waals surface area contributed by atoms with E-state index in [0.29, 0.717) is 18.2 Å². The summed E-state index contributed by atoms with van der Waals surface area (Å²) < 4.78 is 40.6. The van der Waals surface area contributed by atoms with Crippen molar-refractivity contribution in [3.8, 4) is 5.82 Å². The summed E-state index contributed by atoms with van der Waals surface area (Å²) in [6, 6.07) is 9.54. The lowest BCUT2D eigenvalue weighted by molar-refractivity contribution is -0.136. The molecule has 1 aromatic carbocycles. The predicted molar refractivity (Wildman–Crippen MR) is 98.3 cm³/mol. The molecular weight excluding hydrogens is 373 g/mol. The Kier molecular flexibility index (Phi) is 5.78. The van der Waals surface area contributed by atoms with Crippen LogP contribution < -0.4 is 16.0 Å². The number of alkyl halides is 3. The molecule has 28 heavy (non-hydrogen) atoms. The molecule has 3 rings (SSSR count). The molecule has 0 radical (unpaired) electrons. The molecule has 0 aliphatic heterocycles. The zero-order valence-corrected chi connectivity index (χ0v) is 14.6. The third-order valence-corrected chi connectivity index (χ3v) is 3.72. The van der Waals surface area contributed by atoms with Crippen molar-refractivity contribution in [2.75, 3.05) is 23.7 Å². The number of nitrogens with zero attached hydrogens (tertiary/aromatic N) is 3. The number of carbonyl (C=O) groups is 1. The summed E-state index contributed by atoms with van der Waals surface area (Å²) in [7, 11) is 0. The van der Waals surface area contributed by atoms with Crippen molar-refractivity contribution in [3.63, 3.8) is 0 Å².